The molecule has 2 fully saturated rings. The number of benzene rings is 1. The van der Waals surface area contributed by atoms with Crippen molar-refractivity contribution in [3.8, 4) is 5.75 Å². The first-order valence-electron chi connectivity index (χ1n) is 7.17. The number of imide groups is 1. The Balaban J connectivity index is 1.93. The normalized spacial score (nSPS) is 28.5. The summed E-state index contributed by atoms with van der Waals surface area (Å²) >= 11 is 0. The number of nitrogens with zero attached hydrogens (tertiary/aromatic N) is 2. The molecule has 0 radical (unpaired) electrons. The maximum Gasteiger partial charge on any atom is 0.248 e. The van der Waals surface area contributed by atoms with Crippen molar-refractivity contribution in [3.63, 3.8) is 0 Å². The molecule has 0 aliphatic carbocycles. The van der Waals surface area contributed by atoms with Gasteiger partial charge in [0, 0.05) is 19.7 Å². The number of nitrogens with one attached hydrogen (secondary N) is 1. The zero-order valence-corrected chi connectivity index (χ0v) is 12.5. The van der Waals surface area contributed by atoms with Crippen LogP contribution in [-0.2, 0) is 14.3 Å². The van der Waals surface area contributed by atoms with Crippen molar-refractivity contribution in [1.29, 1.82) is 0 Å². The predicted molar refractivity (Wildman–Crippen MR) is 77.6 cm³/mol. The van der Waals surface area contributed by atoms with Gasteiger partial charge >= 0.3 is 0 Å². The van der Waals surface area contributed by atoms with E-state index in [2.05, 4.69) is 5.43 Å². The number of hydrazine groups is 1. The fourth-order valence-corrected chi connectivity index (χ4v) is 3.26. The number of aromatic hydroxyl groups is 1. The molecule has 2 aliphatic heterocycles. The fourth-order valence-electron chi connectivity index (χ4n) is 3.26. The van der Waals surface area contributed by atoms with Crippen LogP contribution < -0.4 is 5.43 Å². The number of likely N-dealkylation sites (tertiary alicyclic amines) is 1. The molecule has 2 aliphatic rings. The minimum Gasteiger partial charge on any atom is -0.508 e. The van der Waals surface area contributed by atoms with E-state index in [1.165, 1.54) is 12.0 Å². The highest BCUT2D eigenvalue weighted by molar-refractivity contribution is 6.08. The van der Waals surface area contributed by atoms with Gasteiger partial charge in [-0.05, 0) is 6.07 Å². The monoisotopic (exact) mass is 305 g/mol. The Hall–Kier alpha value is -1.96. The first-order chi connectivity index (χ1) is 10.6. The van der Waals surface area contributed by atoms with Crippen LogP contribution in [-0.4, -0.2) is 60.2 Å². The maximum absolute atomic E-state index is 12.6. The molecule has 0 unspecified atom stereocenters. The Morgan fingerprint density at radius 2 is 2.00 bits per heavy atom. The Morgan fingerprint density at radius 1 is 1.27 bits per heavy atom. The first kappa shape index (κ1) is 15.0. The van der Waals surface area contributed by atoms with E-state index in [-0.39, 0.29) is 24.1 Å². The molecular formula is C15H19N3O4. The Morgan fingerprint density at radius 3 is 2.68 bits per heavy atom. The standard InChI is InChI=1S/C15H19N3O4/c1-17-13-11(14(20)18(15(13)21)7-8-22-2)12(16-17)9-5-3-4-6-10(9)19/h3-6,11-13,16,19H,7-8H2,1-2H3/t11-,12+,13-/m0/s1. The van der Waals surface area contributed by atoms with Gasteiger partial charge in [0.2, 0.25) is 11.8 Å². The molecule has 0 spiro atoms. The van der Waals surface area contributed by atoms with Crippen LogP contribution in [0.2, 0.25) is 0 Å². The summed E-state index contributed by atoms with van der Waals surface area (Å²) < 4.78 is 4.96. The average Bonchev–Trinajstić information content (AvgIpc) is 2.96. The lowest BCUT2D eigenvalue weighted by atomic mass is 9.90. The lowest BCUT2D eigenvalue weighted by Gasteiger charge is -2.22. The summed E-state index contributed by atoms with van der Waals surface area (Å²) in [4.78, 5) is 26.4. The minimum absolute atomic E-state index is 0.115. The van der Waals surface area contributed by atoms with E-state index in [0.29, 0.717) is 12.2 Å². The number of likely N-dealkylation sites (N-methyl/N-ethyl adjacent to an activating group) is 1. The number of methoxy groups -OCH3 is 1. The molecule has 3 atom stereocenters. The van der Waals surface area contributed by atoms with Crippen molar-refractivity contribution >= 4 is 11.8 Å². The summed E-state index contributed by atoms with van der Waals surface area (Å²) in [6.45, 7) is 0.567. The summed E-state index contributed by atoms with van der Waals surface area (Å²) in [6, 6.07) is 5.90. The highest BCUT2D eigenvalue weighted by Gasteiger charge is 2.57. The minimum atomic E-state index is -0.547. The number of hydrogen-bond donors (Lipinski definition) is 2. The third-order valence-corrected chi connectivity index (χ3v) is 4.32. The molecule has 7 nitrogen and oxygen atoms in total. The maximum atomic E-state index is 12.6. The molecule has 1 aromatic carbocycles. The number of phenols is 1. The molecule has 0 bridgehead atoms. The van der Waals surface area contributed by atoms with Gasteiger partial charge in [-0.15, -0.1) is 0 Å². The summed E-state index contributed by atoms with van der Waals surface area (Å²) in [5.41, 5.74) is 3.75. The fraction of sp³-hybridized carbons (Fsp3) is 0.467. The molecule has 2 saturated heterocycles. The van der Waals surface area contributed by atoms with Gasteiger partial charge in [0.05, 0.1) is 25.1 Å². The van der Waals surface area contributed by atoms with Crippen LogP contribution in [0.3, 0.4) is 0 Å². The molecule has 2 N–H and O–H groups in total. The van der Waals surface area contributed by atoms with Crippen LogP contribution in [0, 0.1) is 5.92 Å². The predicted octanol–water partition coefficient (Wildman–Crippen LogP) is -0.117. The second-order valence-electron chi connectivity index (χ2n) is 5.57. The van der Waals surface area contributed by atoms with E-state index in [9.17, 15) is 14.7 Å². The summed E-state index contributed by atoms with van der Waals surface area (Å²) in [5.74, 6) is -0.871. The number of phenolic OH excluding ortho intramolecular Hbond substituents is 1. The lowest BCUT2D eigenvalue weighted by Crippen LogP contribution is -2.43. The van der Waals surface area contributed by atoms with Crippen molar-refractivity contribution < 1.29 is 19.4 Å². The van der Waals surface area contributed by atoms with Crippen molar-refractivity contribution in [2.75, 3.05) is 27.3 Å². The van der Waals surface area contributed by atoms with Gasteiger partial charge in [0.1, 0.15) is 11.8 Å². The average molecular weight is 305 g/mol. The molecule has 118 valence electrons. The molecule has 2 heterocycles. The number of amides is 2. The number of carbonyl (C=O) groups is 2. The zero-order valence-electron chi connectivity index (χ0n) is 12.5. The number of ether oxygens (including phenoxy) is 1. The summed E-state index contributed by atoms with van der Waals surface area (Å²) in [7, 11) is 3.27. The van der Waals surface area contributed by atoms with Crippen LogP contribution in [0.25, 0.3) is 0 Å². The van der Waals surface area contributed by atoms with Crippen LogP contribution in [0.5, 0.6) is 5.75 Å². The van der Waals surface area contributed by atoms with E-state index in [4.69, 9.17) is 4.74 Å². The van der Waals surface area contributed by atoms with Gasteiger partial charge < -0.3 is 9.84 Å². The molecule has 1 aromatic rings. The quantitative estimate of drug-likeness (QED) is 0.755. The highest BCUT2D eigenvalue weighted by atomic mass is 16.5. The Labute approximate surface area is 128 Å². The SMILES string of the molecule is COCCN1C(=O)[C@H]2[C@@H](c3ccccc3O)NN(C)[C@@H]2C1=O. The van der Waals surface area contributed by atoms with E-state index in [1.807, 2.05) is 0 Å². The molecule has 2 amide bonds. The molecule has 3 rings (SSSR count). The second kappa shape index (κ2) is 5.68. The Kier molecular flexibility index (Phi) is 3.86. The van der Waals surface area contributed by atoms with Crippen LogP contribution in [0.1, 0.15) is 11.6 Å². The van der Waals surface area contributed by atoms with E-state index < -0.39 is 18.0 Å². The molecule has 7 heteroatoms. The van der Waals surface area contributed by atoms with Crippen molar-refractivity contribution in [1.82, 2.24) is 15.3 Å². The molecule has 22 heavy (non-hydrogen) atoms. The van der Waals surface area contributed by atoms with Gasteiger partial charge in [-0.3, -0.25) is 14.5 Å². The molecular weight excluding hydrogens is 286 g/mol. The van der Waals surface area contributed by atoms with Gasteiger partial charge in [0.15, 0.2) is 0 Å². The topological polar surface area (TPSA) is 82.1 Å². The summed E-state index contributed by atoms with van der Waals surface area (Å²) in [5, 5.41) is 11.7. The van der Waals surface area contributed by atoms with Crippen molar-refractivity contribution in [2.45, 2.75) is 12.1 Å². The number of fused-ring (bicyclic) bond motifs is 1. The van der Waals surface area contributed by atoms with Crippen molar-refractivity contribution in [2.24, 2.45) is 5.92 Å². The lowest BCUT2D eigenvalue weighted by molar-refractivity contribution is -0.142. The third kappa shape index (κ3) is 2.18. The third-order valence-electron chi connectivity index (χ3n) is 4.32. The second-order valence-corrected chi connectivity index (χ2v) is 5.57. The number of hydrogen-bond acceptors (Lipinski definition) is 6. The number of para-hydroxylation sites is 1. The Bertz CT molecular complexity index is 606. The smallest absolute Gasteiger partial charge is 0.248 e. The van der Waals surface area contributed by atoms with E-state index >= 15 is 0 Å². The van der Waals surface area contributed by atoms with Crippen LogP contribution in [0.4, 0.5) is 0 Å². The zero-order chi connectivity index (χ0) is 15.9. The highest BCUT2D eigenvalue weighted by Crippen LogP contribution is 2.41. The van der Waals surface area contributed by atoms with Gasteiger partial charge in [-0.2, -0.15) is 0 Å². The number of carbonyl (C=O) groups excluding carboxylic acids is 2. The van der Waals surface area contributed by atoms with Crippen LogP contribution >= 0.6 is 0 Å². The van der Waals surface area contributed by atoms with Crippen LogP contribution in [0.15, 0.2) is 24.3 Å². The summed E-state index contributed by atoms with van der Waals surface area (Å²) in [6.07, 6.45) is 0. The van der Waals surface area contributed by atoms with Gasteiger partial charge in [-0.25, -0.2) is 10.4 Å². The van der Waals surface area contributed by atoms with E-state index in [1.54, 1.807) is 36.3 Å². The van der Waals surface area contributed by atoms with E-state index in [0.717, 1.165) is 0 Å². The largest absolute Gasteiger partial charge is 0.508 e. The van der Waals surface area contributed by atoms with Gasteiger partial charge in [-0.1, -0.05) is 18.2 Å². The van der Waals surface area contributed by atoms with Crippen molar-refractivity contribution in [3.05, 3.63) is 29.8 Å². The number of rotatable bonds is 4. The molecule has 0 aromatic heterocycles. The first-order valence-corrected chi connectivity index (χ1v) is 7.17. The molecule has 0 saturated carbocycles. The van der Waals surface area contributed by atoms with Gasteiger partial charge in [0.25, 0.3) is 0 Å².